The van der Waals surface area contributed by atoms with E-state index in [0.29, 0.717) is 55.0 Å². The number of halogens is 9. The average molecular weight is 577 g/mol. The van der Waals surface area contributed by atoms with Crippen LogP contribution in [0.5, 0.6) is 0 Å². The van der Waals surface area contributed by atoms with Crippen LogP contribution in [0, 0.1) is 0 Å². The Balaban J connectivity index is 1.32. The van der Waals surface area contributed by atoms with Crippen LogP contribution >= 0.6 is 0 Å². The molecule has 0 spiro atoms. The molecule has 1 aliphatic rings. The summed E-state index contributed by atoms with van der Waals surface area (Å²) in [5, 5.41) is 9.54. The highest BCUT2D eigenvalue weighted by molar-refractivity contribution is 5.64. The van der Waals surface area contributed by atoms with E-state index in [2.05, 4.69) is 14.8 Å². The van der Waals surface area contributed by atoms with Crippen molar-refractivity contribution in [3.8, 4) is 11.1 Å². The molecular formula is C27H24F9N3O. The minimum atomic E-state index is -5.95. The number of hydrogen-bond acceptors (Lipinski definition) is 4. The first-order valence-electron chi connectivity index (χ1n) is 12.1. The Bertz CT molecular complexity index is 1250. The van der Waals surface area contributed by atoms with E-state index in [1.165, 1.54) is 12.3 Å². The first kappa shape index (κ1) is 29.8. The molecule has 0 radical (unpaired) electrons. The molecule has 1 fully saturated rings. The maximum atomic E-state index is 13.1. The van der Waals surface area contributed by atoms with Crippen molar-refractivity contribution in [2.45, 2.75) is 37.2 Å². The van der Waals surface area contributed by atoms with Crippen LogP contribution in [0.4, 0.5) is 39.5 Å². The van der Waals surface area contributed by atoms with Gasteiger partial charge in [0.2, 0.25) is 0 Å². The van der Waals surface area contributed by atoms with Crippen LogP contribution in [-0.2, 0) is 24.9 Å². The maximum absolute atomic E-state index is 13.1. The zero-order valence-corrected chi connectivity index (χ0v) is 20.8. The van der Waals surface area contributed by atoms with Gasteiger partial charge in [0.05, 0.1) is 0 Å². The molecule has 3 aromatic rings. The molecule has 0 aliphatic carbocycles. The van der Waals surface area contributed by atoms with Crippen molar-refractivity contribution >= 4 is 0 Å². The highest BCUT2D eigenvalue weighted by atomic mass is 19.4. The summed E-state index contributed by atoms with van der Waals surface area (Å²) in [6.45, 7) is 3.94. The normalized spacial score (nSPS) is 16.4. The molecule has 1 saturated heterocycles. The number of pyridine rings is 1. The van der Waals surface area contributed by atoms with Gasteiger partial charge >= 0.3 is 18.5 Å². The van der Waals surface area contributed by atoms with Crippen molar-refractivity contribution in [1.82, 2.24) is 14.8 Å². The van der Waals surface area contributed by atoms with Gasteiger partial charge in [-0.2, -0.15) is 39.5 Å². The molecule has 216 valence electrons. The Kier molecular flexibility index (Phi) is 8.21. The summed E-state index contributed by atoms with van der Waals surface area (Å²) in [5.41, 5.74) is -4.63. The van der Waals surface area contributed by atoms with Gasteiger partial charge in [-0.3, -0.25) is 14.8 Å². The van der Waals surface area contributed by atoms with E-state index >= 15 is 0 Å². The molecule has 0 saturated carbocycles. The van der Waals surface area contributed by atoms with E-state index in [1.807, 2.05) is 12.1 Å². The van der Waals surface area contributed by atoms with E-state index in [0.717, 1.165) is 36.9 Å². The summed E-state index contributed by atoms with van der Waals surface area (Å²) in [7, 11) is 0. The zero-order valence-electron chi connectivity index (χ0n) is 20.8. The molecule has 0 amide bonds. The standard InChI is InChI=1S/C27H24F9N3O/c28-25(29,30)23-10-3-19(15-37-23)17-39-13-11-38(12-14-39)16-18-1-4-20(5-2-18)21-6-8-22(9-7-21)24(40,26(31,32)33)27(34,35)36/h1-10,15,40H,11-14,16-17H2. The quantitative estimate of drug-likeness (QED) is 0.345. The lowest BCUT2D eigenvalue weighted by atomic mass is 9.90. The first-order valence-corrected chi connectivity index (χ1v) is 12.1. The highest BCUT2D eigenvalue weighted by Crippen LogP contribution is 2.50. The molecule has 13 heteroatoms. The summed E-state index contributed by atoms with van der Waals surface area (Å²) in [6.07, 6.45) is -15.1. The van der Waals surface area contributed by atoms with Gasteiger partial charge in [-0.1, -0.05) is 54.6 Å². The maximum Gasteiger partial charge on any atom is 0.433 e. The summed E-state index contributed by atoms with van der Waals surface area (Å²) in [4.78, 5) is 7.80. The second-order valence-electron chi connectivity index (χ2n) is 9.58. The van der Waals surface area contributed by atoms with Crippen LogP contribution in [0.2, 0.25) is 0 Å². The number of rotatable bonds is 6. The fourth-order valence-electron chi connectivity index (χ4n) is 4.50. The average Bonchev–Trinajstić information content (AvgIpc) is 2.88. The van der Waals surface area contributed by atoms with E-state index in [-0.39, 0.29) is 0 Å². The van der Waals surface area contributed by atoms with Crippen molar-refractivity contribution in [2.75, 3.05) is 26.2 Å². The molecule has 4 nitrogen and oxygen atoms in total. The highest BCUT2D eigenvalue weighted by Gasteiger charge is 2.71. The second kappa shape index (κ2) is 11.0. The Morgan fingerprint density at radius 3 is 1.43 bits per heavy atom. The van der Waals surface area contributed by atoms with Crippen LogP contribution in [0.3, 0.4) is 0 Å². The van der Waals surface area contributed by atoms with Crippen LogP contribution < -0.4 is 0 Å². The van der Waals surface area contributed by atoms with E-state index in [4.69, 9.17) is 0 Å². The predicted octanol–water partition coefficient (Wildman–Crippen LogP) is 6.40. The van der Waals surface area contributed by atoms with Gasteiger partial charge in [0.15, 0.2) is 0 Å². The van der Waals surface area contributed by atoms with Gasteiger partial charge in [-0.05, 0) is 28.3 Å². The summed E-state index contributed by atoms with van der Waals surface area (Å²) >= 11 is 0. The molecule has 2 aromatic carbocycles. The van der Waals surface area contributed by atoms with Gasteiger partial charge in [0, 0.05) is 51.0 Å². The van der Waals surface area contributed by atoms with Gasteiger partial charge < -0.3 is 5.11 Å². The predicted molar refractivity (Wildman–Crippen MR) is 128 cm³/mol. The minimum Gasteiger partial charge on any atom is -0.369 e. The number of benzene rings is 2. The number of alkyl halides is 9. The molecule has 2 heterocycles. The lowest BCUT2D eigenvalue weighted by molar-refractivity contribution is -0.376. The van der Waals surface area contributed by atoms with Crippen molar-refractivity contribution in [3.05, 3.63) is 89.2 Å². The Morgan fingerprint density at radius 2 is 1.02 bits per heavy atom. The van der Waals surface area contributed by atoms with Gasteiger partial charge in [-0.25, -0.2) is 0 Å². The molecule has 4 rings (SSSR count). The van der Waals surface area contributed by atoms with Crippen LogP contribution in [-0.4, -0.2) is 58.4 Å². The largest absolute Gasteiger partial charge is 0.433 e. The smallest absolute Gasteiger partial charge is 0.369 e. The number of aromatic nitrogens is 1. The number of nitrogens with zero attached hydrogens (tertiary/aromatic N) is 3. The molecule has 1 aliphatic heterocycles. The Labute approximate surface area is 223 Å². The van der Waals surface area contributed by atoms with Crippen molar-refractivity contribution in [1.29, 1.82) is 0 Å². The van der Waals surface area contributed by atoms with Crippen LogP contribution in [0.25, 0.3) is 11.1 Å². The van der Waals surface area contributed by atoms with Crippen molar-refractivity contribution in [3.63, 3.8) is 0 Å². The monoisotopic (exact) mass is 577 g/mol. The number of hydrogen-bond donors (Lipinski definition) is 1. The Hall–Kier alpha value is -3.16. The summed E-state index contributed by atoms with van der Waals surface area (Å²) in [6, 6.07) is 12.8. The third-order valence-electron chi connectivity index (χ3n) is 6.80. The molecular weight excluding hydrogens is 553 g/mol. The fraction of sp³-hybridized carbons (Fsp3) is 0.370. The summed E-state index contributed by atoms with van der Waals surface area (Å²) < 4.78 is 117. The number of aliphatic hydroxyl groups is 1. The fourth-order valence-corrected chi connectivity index (χ4v) is 4.50. The molecule has 0 unspecified atom stereocenters. The topological polar surface area (TPSA) is 39.6 Å². The lowest BCUT2D eigenvalue weighted by Gasteiger charge is -2.34. The minimum absolute atomic E-state index is 0.383. The van der Waals surface area contributed by atoms with Gasteiger partial charge in [-0.15, -0.1) is 0 Å². The third kappa shape index (κ3) is 6.42. The molecule has 40 heavy (non-hydrogen) atoms. The number of piperazine rings is 1. The molecule has 0 bridgehead atoms. The third-order valence-corrected chi connectivity index (χ3v) is 6.80. The van der Waals surface area contributed by atoms with E-state index in [1.54, 1.807) is 12.1 Å². The van der Waals surface area contributed by atoms with E-state index in [9.17, 15) is 44.6 Å². The first-order chi connectivity index (χ1) is 18.6. The Morgan fingerprint density at radius 1 is 0.600 bits per heavy atom. The van der Waals surface area contributed by atoms with Crippen LogP contribution in [0.1, 0.15) is 22.4 Å². The van der Waals surface area contributed by atoms with E-state index < -0.39 is 35.4 Å². The molecule has 1 N–H and O–H groups in total. The molecule has 0 atom stereocenters. The SMILES string of the molecule is OC(c1ccc(-c2ccc(CN3CCN(Cc4ccc(C(F)(F)F)nc4)CC3)cc2)cc1)(C(F)(F)F)C(F)(F)F. The summed E-state index contributed by atoms with van der Waals surface area (Å²) in [5.74, 6) is 0. The van der Waals surface area contributed by atoms with Gasteiger partial charge in [0.25, 0.3) is 5.60 Å². The van der Waals surface area contributed by atoms with Crippen LogP contribution in [0.15, 0.2) is 66.9 Å². The lowest BCUT2D eigenvalue weighted by Crippen LogP contribution is -2.53. The second-order valence-corrected chi connectivity index (χ2v) is 9.58. The van der Waals surface area contributed by atoms with Crippen molar-refractivity contribution in [2.24, 2.45) is 0 Å². The zero-order chi connectivity index (χ0) is 29.3. The molecule has 1 aromatic heterocycles. The van der Waals surface area contributed by atoms with Gasteiger partial charge in [0.1, 0.15) is 5.69 Å². The van der Waals surface area contributed by atoms with Crippen molar-refractivity contribution < 1.29 is 44.6 Å².